The van der Waals surface area contributed by atoms with E-state index in [1.807, 2.05) is 6.07 Å². The minimum absolute atomic E-state index is 0.0145. The van der Waals surface area contributed by atoms with Gasteiger partial charge in [-0.1, -0.05) is 47.5 Å². The minimum atomic E-state index is -4.48. The summed E-state index contributed by atoms with van der Waals surface area (Å²) in [5.41, 5.74) is -0.437. The van der Waals surface area contributed by atoms with E-state index in [1.54, 1.807) is 29.2 Å². The number of carbonyl (C=O) groups excluding carboxylic acids is 2. The fourth-order valence-corrected chi connectivity index (χ4v) is 5.51. The molecule has 1 aliphatic rings. The van der Waals surface area contributed by atoms with Gasteiger partial charge in [0.2, 0.25) is 0 Å². The molecule has 11 heteroatoms. The summed E-state index contributed by atoms with van der Waals surface area (Å²) >= 11 is 13.6. The van der Waals surface area contributed by atoms with Gasteiger partial charge in [0.05, 0.1) is 26.0 Å². The lowest BCUT2D eigenvalue weighted by atomic mass is 10.1. The normalized spacial score (nSPS) is 14.6. The van der Waals surface area contributed by atoms with Crippen LogP contribution in [0.2, 0.25) is 10.0 Å². The van der Waals surface area contributed by atoms with Gasteiger partial charge in [-0.2, -0.15) is 13.2 Å². The van der Waals surface area contributed by atoms with Crippen molar-refractivity contribution in [3.63, 3.8) is 0 Å². The number of alkyl halides is 3. The average Bonchev–Trinajstić information content (AvgIpc) is 3.31. The molecule has 1 N–H and O–H groups in total. The predicted molar refractivity (Wildman–Crippen MR) is 135 cm³/mol. The first-order valence-electron chi connectivity index (χ1n) is 11.1. The monoisotopic (exact) mass is 555 g/mol. The van der Waals surface area contributed by atoms with Crippen molar-refractivity contribution < 1.29 is 22.8 Å². The molecule has 2 aromatic carbocycles. The summed E-state index contributed by atoms with van der Waals surface area (Å²) in [6.45, 7) is 2.69. The number of hydrogen-bond donors (Lipinski definition) is 1. The number of benzene rings is 2. The van der Waals surface area contributed by atoms with E-state index in [1.165, 1.54) is 29.5 Å². The van der Waals surface area contributed by atoms with Crippen molar-refractivity contribution >= 4 is 46.4 Å². The number of halogens is 5. The Balaban J connectivity index is 1.30. The molecular weight excluding hydrogens is 534 g/mol. The zero-order chi connectivity index (χ0) is 25.9. The number of carbonyl (C=O) groups is 2. The number of nitrogens with zero attached hydrogens (tertiary/aromatic N) is 2. The van der Waals surface area contributed by atoms with E-state index >= 15 is 0 Å². The maximum Gasteiger partial charge on any atom is 0.416 e. The Hall–Kier alpha value is -2.59. The van der Waals surface area contributed by atoms with Gasteiger partial charge in [-0.3, -0.25) is 14.5 Å². The fraction of sp³-hybridized carbons (Fsp3) is 0.280. The van der Waals surface area contributed by atoms with Crippen molar-refractivity contribution in [1.29, 1.82) is 0 Å². The van der Waals surface area contributed by atoms with Crippen molar-refractivity contribution in [3.8, 4) is 0 Å². The zero-order valence-corrected chi connectivity index (χ0v) is 21.3. The molecule has 190 valence electrons. The Bertz CT molecular complexity index is 1240. The number of amides is 2. The minimum Gasteiger partial charge on any atom is -0.347 e. The van der Waals surface area contributed by atoms with E-state index in [0.717, 1.165) is 10.9 Å². The van der Waals surface area contributed by atoms with Crippen LogP contribution in [-0.4, -0.2) is 47.8 Å². The van der Waals surface area contributed by atoms with E-state index in [0.29, 0.717) is 53.2 Å². The molecule has 1 fully saturated rings. The number of piperazine rings is 1. The number of hydrogen-bond acceptors (Lipinski definition) is 4. The van der Waals surface area contributed by atoms with Crippen LogP contribution in [0.5, 0.6) is 0 Å². The molecule has 1 saturated heterocycles. The maximum atomic E-state index is 13.2. The van der Waals surface area contributed by atoms with E-state index in [-0.39, 0.29) is 18.0 Å². The summed E-state index contributed by atoms with van der Waals surface area (Å²) in [7, 11) is 0. The lowest BCUT2D eigenvalue weighted by Gasteiger charge is -2.34. The summed E-state index contributed by atoms with van der Waals surface area (Å²) in [5.74, 6) is -0.623. The topological polar surface area (TPSA) is 52.7 Å². The molecular formula is C25H22Cl2F3N3O2S. The van der Waals surface area contributed by atoms with Crippen LogP contribution >= 0.6 is 34.5 Å². The Morgan fingerprint density at radius 3 is 2.25 bits per heavy atom. The standard InChI is InChI=1S/C25H22Cl2F3N3O2S/c26-19-6-3-7-20(27)22(19)24(35)33-12-10-32(11-13-33)15-17-8-9-21(36-17)23(34)31-14-16-4-1-2-5-18(16)25(28,29)30/h1-9H,10-15H2,(H,31,34). The van der Waals surface area contributed by atoms with E-state index in [9.17, 15) is 22.8 Å². The van der Waals surface area contributed by atoms with Gasteiger partial charge in [-0.15, -0.1) is 11.3 Å². The first-order valence-corrected chi connectivity index (χ1v) is 12.7. The smallest absolute Gasteiger partial charge is 0.347 e. The molecule has 1 aliphatic heterocycles. The van der Waals surface area contributed by atoms with Gasteiger partial charge in [0.25, 0.3) is 11.8 Å². The molecule has 0 unspecified atom stereocenters. The van der Waals surface area contributed by atoms with Crippen LogP contribution in [0, 0.1) is 0 Å². The SMILES string of the molecule is O=C(NCc1ccccc1C(F)(F)F)c1ccc(CN2CCN(C(=O)c3c(Cl)cccc3Cl)CC2)s1. The zero-order valence-electron chi connectivity index (χ0n) is 18.9. The summed E-state index contributed by atoms with van der Waals surface area (Å²) < 4.78 is 39.5. The van der Waals surface area contributed by atoms with Crippen LogP contribution in [-0.2, 0) is 19.3 Å². The third-order valence-corrected chi connectivity index (χ3v) is 7.56. The molecule has 0 aliphatic carbocycles. The molecule has 2 heterocycles. The number of rotatable bonds is 6. The van der Waals surface area contributed by atoms with Gasteiger partial charge >= 0.3 is 6.18 Å². The van der Waals surface area contributed by atoms with E-state index < -0.39 is 17.6 Å². The van der Waals surface area contributed by atoms with Gasteiger partial charge in [0, 0.05) is 44.1 Å². The molecule has 1 aromatic heterocycles. The number of nitrogens with one attached hydrogen (secondary N) is 1. The first-order chi connectivity index (χ1) is 17.1. The summed E-state index contributed by atoms with van der Waals surface area (Å²) in [6, 6.07) is 13.7. The predicted octanol–water partition coefficient (Wildman–Crippen LogP) is 5.96. The molecule has 0 radical (unpaired) electrons. The highest BCUT2D eigenvalue weighted by Gasteiger charge is 2.33. The molecule has 0 atom stereocenters. The largest absolute Gasteiger partial charge is 0.416 e. The second-order valence-electron chi connectivity index (χ2n) is 8.27. The third-order valence-electron chi connectivity index (χ3n) is 5.86. The molecule has 2 amide bonds. The Labute approximate surface area is 220 Å². The summed E-state index contributed by atoms with van der Waals surface area (Å²) in [6.07, 6.45) is -4.48. The van der Waals surface area contributed by atoms with Gasteiger partial charge < -0.3 is 10.2 Å². The highest BCUT2D eigenvalue weighted by molar-refractivity contribution is 7.14. The van der Waals surface area contributed by atoms with Crippen LogP contribution in [0.3, 0.4) is 0 Å². The molecule has 0 spiro atoms. The second kappa shape index (κ2) is 11.2. The third kappa shape index (κ3) is 6.21. The van der Waals surface area contributed by atoms with Crippen molar-refractivity contribution in [3.05, 3.63) is 91.1 Å². The van der Waals surface area contributed by atoms with Gasteiger partial charge in [-0.25, -0.2) is 0 Å². The molecule has 0 saturated carbocycles. The van der Waals surface area contributed by atoms with Crippen LogP contribution in [0.25, 0.3) is 0 Å². The van der Waals surface area contributed by atoms with Crippen molar-refractivity contribution in [1.82, 2.24) is 15.1 Å². The van der Waals surface area contributed by atoms with Crippen molar-refractivity contribution in [2.45, 2.75) is 19.3 Å². The molecule has 3 aromatic rings. The number of thiophene rings is 1. The molecule has 4 rings (SSSR count). The molecule has 0 bridgehead atoms. The molecule has 36 heavy (non-hydrogen) atoms. The summed E-state index contributed by atoms with van der Waals surface area (Å²) in [5, 5.41) is 3.22. The fourth-order valence-electron chi connectivity index (χ4n) is 3.99. The lowest BCUT2D eigenvalue weighted by Crippen LogP contribution is -2.48. The highest BCUT2D eigenvalue weighted by Crippen LogP contribution is 2.32. The Morgan fingerprint density at radius 1 is 0.917 bits per heavy atom. The van der Waals surface area contributed by atoms with Crippen LogP contribution in [0.15, 0.2) is 54.6 Å². The maximum absolute atomic E-state index is 13.2. The average molecular weight is 556 g/mol. The van der Waals surface area contributed by atoms with Gasteiger partial charge in [-0.05, 0) is 35.9 Å². The lowest BCUT2D eigenvalue weighted by molar-refractivity contribution is -0.138. The second-order valence-corrected chi connectivity index (χ2v) is 10.3. The van der Waals surface area contributed by atoms with Crippen molar-refractivity contribution in [2.75, 3.05) is 26.2 Å². The highest BCUT2D eigenvalue weighted by atomic mass is 35.5. The van der Waals surface area contributed by atoms with Crippen molar-refractivity contribution in [2.24, 2.45) is 0 Å². The van der Waals surface area contributed by atoms with E-state index in [2.05, 4.69) is 10.2 Å². The summed E-state index contributed by atoms with van der Waals surface area (Å²) in [4.78, 5) is 30.7. The molecule has 5 nitrogen and oxygen atoms in total. The first kappa shape index (κ1) is 26.5. The van der Waals surface area contributed by atoms with Crippen LogP contribution < -0.4 is 5.32 Å². The Kier molecular flexibility index (Phi) is 8.24. The van der Waals surface area contributed by atoms with E-state index in [4.69, 9.17) is 23.2 Å². The quantitative estimate of drug-likeness (QED) is 0.408. The van der Waals surface area contributed by atoms with Crippen LogP contribution in [0.1, 0.15) is 36.0 Å². The van der Waals surface area contributed by atoms with Gasteiger partial charge in [0.1, 0.15) is 0 Å². The van der Waals surface area contributed by atoms with Gasteiger partial charge in [0.15, 0.2) is 0 Å². The van der Waals surface area contributed by atoms with Crippen LogP contribution in [0.4, 0.5) is 13.2 Å². The Morgan fingerprint density at radius 2 is 1.58 bits per heavy atom.